The molecule has 0 bridgehead atoms. The standard InChI is InChI=1S/C15H16/c1-12-7-3-5-9-14(11-12)15-10-6-4-8-13(15)2/h3-10H,11H2,1-2H3. The number of hydrogen-bond donors (Lipinski definition) is 0. The molecule has 76 valence electrons. The average Bonchev–Trinajstić information content (AvgIpc) is 2.43. The highest BCUT2D eigenvalue weighted by Gasteiger charge is 2.05. The molecular formula is C15H16. The molecule has 0 aromatic heterocycles. The average molecular weight is 196 g/mol. The first-order valence-corrected chi connectivity index (χ1v) is 5.36. The van der Waals surface area contributed by atoms with Crippen molar-refractivity contribution in [3.63, 3.8) is 0 Å². The van der Waals surface area contributed by atoms with Crippen LogP contribution in [0.4, 0.5) is 0 Å². The van der Waals surface area contributed by atoms with Crippen molar-refractivity contribution in [2.24, 2.45) is 0 Å². The Labute approximate surface area is 91.6 Å². The van der Waals surface area contributed by atoms with Crippen LogP contribution in [0, 0.1) is 6.92 Å². The van der Waals surface area contributed by atoms with Crippen molar-refractivity contribution in [3.05, 3.63) is 65.3 Å². The van der Waals surface area contributed by atoms with E-state index < -0.39 is 0 Å². The van der Waals surface area contributed by atoms with Crippen LogP contribution < -0.4 is 0 Å². The van der Waals surface area contributed by atoms with Crippen LogP contribution in [0.3, 0.4) is 0 Å². The molecule has 15 heavy (non-hydrogen) atoms. The molecule has 0 amide bonds. The van der Waals surface area contributed by atoms with Crippen LogP contribution in [0.1, 0.15) is 24.5 Å². The molecule has 0 radical (unpaired) electrons. The minimum absolute atomic E-state index is 1.05. The monoisotopic (exact) mass is 196 g/mol. The van der Waals surface area contributed by atoms with E-state index in [1.165, 1.54) is 22.3 Å². The predicted octanol–water partition coefficient (Wildman–Crippen LogP) is 4.28. The van der Waals surface area contributed by atoms with Crippen molar-refractivity contribution in [2.75, 3.05) is 0 Å². The number of rotatable bonds is 1. The first-order chi connectivity index (χ1) is 7.27. The van der Waals surface area contributed by atoms with Gasteiger partial charge in [0.05, 0.1) is 0 Å². The Hall–Kier alpha value is -1.56. The maximum absolute atomic E-state index is 2.22. The minimum Gasteiger partial charge on any atom is -0.0689 e. The Kier molecular flexibility index (Phi) is 2.86. The Morgan fingerprint density at radius 3 is 2.47 bits per heavy atom. The third kappa shape index (κ3) is 2.27. The van der Waals surface area contributed by atoms with Crippen LogP contribution in [0.5, 0.6) is 0 Å². The van der Waals surface area contributed by atoms with Gasteiger partial charge >= 0.3 is 0 Å². The van der Waals surface area contributed by atoms with E-state index in [0.717, 1.165) is 6.42 Å². The Balaban J connectivity index is 2.40. The second-order valence-electron chi connectivity index (χ2n) is 4.08. The molecule has 1 aromatic carbocycles. The number of hydrogen-bond acceptors (Lipinski definition) is 0. The van der Waals surface area contributed by atoms with Gasteiger partial charge in [-0.25, -0.2) is 0 Å². The molecule has 0 nitrogen and oxygen atoms in total. The van der Waals surface area contributed by atoms with Crippen molar-refractivity contribution < 1.29 is 0 Å². The summed E-state index contributed by atoms with van der Waals surface area (Å²) in [6.45, 7) is 4.35. The van der Waals surface area contributed by atoms with Gasteiger partial charge in [0.25, 0.3) is 0 Å². The van der Waals surface area contributed by atoms with E-state index in [4.69, 9.17) is 0 Å². The van der Waals surface area contributed by atoms with Gasteiger partial charge in [0.15, 0.2) is 0 Å². The summed E-state index contributed by atoms with van der Waals surface area (Å²) in [6, 6.07) is 8.57. The van der Waals surface area contributed by atoms with Crippen LogP contribution in [0.15, 0.2) is 54.1 Å². The summed E-state index contributed by atoms with van der Waals surface area (Å²) in [5.74, 6) is 0. The molecule has 0 heteroatoms. The number of aryl methyl sites for hydroxylation is 1. The minimum atomic E-state index is 1.05. The van der Waals surface area contributed by atoms with E-state index in [9.17, 15) is 0 Å². The molecular weight excluding hydrogens is 180 g/mol. The molecule has 0 N–H and O–H groups in total. The topological polar surface area (TPSA) is 0 Å². The third-order valence-corrected chi connectivity index (χ3v) is 2.75. The number of benzene rings is 1. The summed E-state index contributed by atoms with van der Waals surface area (Å²) in [5.41, 5.74) is 5.55. The third-order valence-electron chi connectivity index (χ3n) is 2.75. The molecule has 0 atom stereocenters. The molecule has 0 aliphatic heterocycles. The lowest BCUT2D eigenvalue weighted by Crippen LogP contribution is -1.89. The zero-order valence-electron chi connectivity index (χ0n) is 9.33. The van der Waals surface area contributed by atoms with Crippen molar-refractivity contribution in [1.29, 1.82) is 0 Å². The molecule has 0 fully saturated rings. The fourth-order valence-corrected chi connectivity index (χ4v) is 1.93. The molecule has 1 aliphatic rings. The van der Waals surface area contributed by atoms with E-state index in [2.05, 4.69) is 62.4 Å². The summed E-state index contributed by atoms with van der Waals surface area (Å²) < 4.78 is 0. The maximum Gasteiger partial charge on any atom is -0.00607 e. The van der Waals surface area contributed by atoms with Gasteiger partial charge < -0.3 is 0 Å². The summed E-state index contributed by atoms with van der Waals surface area (Å²) in [6.07, 6.45) is 9.69. The van der Waals surface area contributed by atoms with E-state index in [0.29, 0.717) is 0 Å². The first-order valence-electron chi connectivity index (χ1n) is 5.36. The van der Waals surface area contributed by atoms with Gasteiger partial charge in [-0.3, -0.25) is 0 Å². The lowest BCUT2D eigenvalue weighted by molar-refractivity contribution is 1.22. The Morgan fingerprint density at radius 1 is 0.933 bits per heavy atom. The fourth-order valence-electron chi connectivity index (χ4n) is 1.93. The summed E-state index contributed by atoms with van der Waals surface area (Å²) >= 11 is 0. The smallest absolute Gasteiger partial charge is 0.00607 e. The molecule has 0 saturated carbocycles. The van der Waals surface area contributed by atoms with Crippen LogP contribution in [0.2, 0.25) is 0 Å². The molecule has 1 aromatic rings. The van der Waals surface area contributed by atoms with Gasteiger partial charge in [0, 0.05) is 0 Å². The van der Waals surface area contributed by atoms with Gasteiger partial charge in [0.2, 0.25) is 0 Å². The largest absolute Gasteiger partial charge is 0.0689 e. The van der Waals surface area contributed by atoms with Crippen LogP contribution in [-0.4, -0.2) is 0 Å². The molecule has 1 aliphatic carbocycles. The molecule has 0 heterocycles. The lowest BCUT2D eigenvalue weighted by Gasteiger charge is -2.09. The zero-order valence-corrected chi connectivity index (χ0v) is 9.33. The van der Waals surface area contributed by atoms with Crippen molar-refractivity contribution in [1.82, 2.24) is 0 Å². The van der Waals surface area contributed by atoms with Gasteiger partial charge in [-0.1, -0.05) is 54.1 Å². The van der Waals surface area contributed by atoms with E-state index in [-0.39, 0.29) is 0 Å². The van der Waals surface area contributed by atoms with Crippen molar-refractivity contribution >= 4 is 5.57 Å². The van der Waals surface area contributed by atoms with Crippen molar-refractivity contribution in [2.45, 2.75) is 20.3 Å². The summed E-state index contributed by atoms with van der Waals surface area (Å²) in [5, 5.41) is 0. The molecule has 0 spiro atoms. The molecule has 2 rings (SSSR count). The highest BCUT2D eigenvalue weighted by Crippen LogP contribution is 2.26. The van der Waals surface area contributed by atoms with Gasteiger partial charge in [-0.15, -0.1) is 0 Å². The maximum atomic E-state index is 2.22. The second-order valence-corrected chi connectivity index (χ2v) is 4.08. The zero-order chi connectivity index (χ0) is 10.7. The van der Waals surface area contributed by atoms with Crippen LogP contribution in [0.25, 0.3) is 5.57 Å². The highest BCUT2D eigenvalue weighted by molar-refractivity contribution is 5.71. The first kappa shape index (κ1) is 9.97. The normalized spacial score (nSPS) is 15.6. The van der Waals surface area contributed by atoms with Gasteiger partial charge in [-0.2, -0.15) is 0 Å². The van der Waals surface area contributed by atoms with Gasteiger partial charge in [-0.05, 0) is 37.0 Å². The Bertz CT molecular complexity index is 445. The van der Waals surface area contributed by atoms with E-state index in [1.807, 2.05) is 0 Å². The number of allylic oxidation sites excluding steroid dienone is 6. The fraction of sp³-hybridized carbons (Fsp3) is 0.200. The van der Waals surface area contributed by atoms with Gasteiger partial charge in [0.1, 0.15) is 0 Å². The van der Waals surface area contributed by atoms with Crippen molar-refractivity contribution in [3.8, 4) is 0 Å². The predicted molar refractivity (Wildman–Crippen MR) is 66.7 cm³/mol. The summed E-state index contributed by atoms with van der Waals surface area (Å²) in [7, 11) is 0. The summed E-state index contributed by atoms with van der Waals surface area (Å²) in [4.78, 5) is 0. The second kappa shape index (κ2) is 4.31. The highest BCUT2D eigenvalue weighted by atomic mass is 14.1. The Morgan fingerprint density at radius 2 is 1.67 bits per heavy atom. The van der Waals surface area contributed by atoms with Crippen LogP contribution >= 0.6 is 0 Å². The lowest BCUT2D eigenvalue weighted by atomic mass is 9.96. The molecule has 0 unspecified atom stereocenters. The SMILES string of the molecule is CC1=CC=CC=C(c2ccccc2C)C1. The van der Waals surface area contributed by atoms with E-state index in [1.54, 1.807) is 0 Å². The van der Waals surface area contributed by atoms with E-state index >= 15 is 0 Å². The van der Waals surface area contributed by atoms with Crippen LogP contribution in [-0.2, 0) is 0 Å². The molecule has 0 saturated heterocycles. The quantitative estimate of drug-likeness (QED) is 0.628.